The summed E-state index contributed by atoms with van der Waals surface area (Å²) in [5.74, 6) is 0.928. The SMILES string of the molecule is Cc1cccc(CSc2c(Cl)cccc2CC(C)N)c1. The number of rotatable bonds is 5. The van der Waals surface area contributed by atoms with Gasteiger partial charge in [0.15, 0.2) is 0 Å². The Hall–Kier alpha value is -0.960. The molecule has 0 aliphatic heterocycles. The fraction of sp³-hybridized carbons (Fsp3) is 0.294. The lowest BCUT2D eigenvalue weighted by Gasteiger charge is -2.13. The molecule has 0 radical (unpaired) electrons. The standard InChI is InChI=1S/C17H20ClNS/c1-12-5-3-6-14(9-12)11-20-17-15(10-13(2)19)7-4-8-16(17)18/h3-9,13H,10-11,19H2,1-2H3. The minimum absolute atomic E-state index is 0.145. The zero-order chi connectivity index (χ0) is 14.5. The van der Waals surface area contributed by atoms with E-state index in [9.17, 15) is 0 Å². The summed E-state index contributed by atoms with van der Waals surface area (Å²) in [5.41, 5.74) is 9.77. The van der Waals surface area contributed by atoms with Gasteiger partial charge in [0.2, 0.25) is 0 Å². The van der Waals surface area contributed by atoms with Gasteiger partial charge in [-0.15, -0.1) is 11.8 Å². The molecule has 0 spiro atoms. The molecular weight excluding hydrogens is 286 g/mol. The average Bonchev–Trinajstić information content (AvgIpc) is 2.37. The summed E-state index contributed by atoms with van der Waals surface area (Å²) < 4.78 is 0. The largest absolute Gasteiger partial charge is 0.328 e. The van der Waals surface area contributed by atoms with Crippen molar-refractivity contribution in [2.45, 2.75) is 37.0 Å². The van der Waals surface area contributed by atoms with E-state index >= 15 is 0 Å². The van der Waals surface area contributed by atoms with Crippen LogP contribution in [-0.4, -0.2) is 6.04 Å². The maximum atomic E-state index is 6.35. The van der Waals surface area contributed by atoms with Crippen LogP contribution in [0.1, 0.15) is 23.6 Å². The van der Waals surface area contributed by atoms with Crippen molar-refractivity contribution in [1.29, 1.82) is 0 Å². The second-order valence-electron chi connectivity index (χ2n) is 5.19. The van der Waals surface area contributed by atoms with Crippen molar-refractivity contribution in [3.05, 3.63) is 64.2 Å². The summed E-state index contributed by atoms with van der Waals surface area (Å²) in [6, 6.07) is 14.8. The number of nitrogens with two attached hydrogens (primary N) is 1. The first-order chi connectivity index (χ1) is 9.56. The Morgan fingerprint density at radius 3 is 2.65 bits per heavy atom. The molecule has 3 heteroatoms. The Balaban J connectivity index is 2.16. The molecule has 2 rings (SSSR count). The third kappa shape index (κ3) is 4.27. The summed E-state index contributed by atoms with van der Waals surface area (Å²) in [4.78, 5) is 1.16. The lowest BCUT2D eigenvalue weighted by molar-refractivity contribution is 0.729. The minimum Gasteiger partial charge on any atom is -0.328 e. The van der Waals surface area contributed by atoms with Gasteiger partial charge in [-0.25, -0.2) is 0 Å². The zero-order valence-corrected chi connectivity index (χ0v) is 13.5. The summed E-state index contributed by atoms with van der Waals surface area (Å²) in [6.45, 7) is 4.14. The first-order valence-corrected chi connectivity index (χ1v) is 8.14. The Morgan fingerprint density at radius 1 is 1.20 bits per heavy atom. The molecule has 0 aliphatic carbocycles. The molecule has 0 bridgehead atoms. The van der Waals surface area contributed by atoms with Gasteiger partial charge in [-0.05, 0) is 37.5 Å². The lowest BCUT2D eigenvalue weighted by Crippen LogP contribution is -2.18. The third-order valence-corrected chi connectivity index (χ3v) is 4.73. The molecule has 1 atom stereocenters. The molecule has 1 unspecified atom stereocenters. The summed E-state index contributed by atoms with van der Waals surface area (Å²) >= 11 is 8.14. The van der Waals surface area contributed by atoms with Gasteiger partial charge < -0.3 is 5.73 Å². The normalized spacial score (nSPS) is 12.4. The summed E-state index contributed by atoms with van der Waals surface area (Å²) in [6.07, 6.45) is 0.858. The van der Waals surface area contributed by atoms with Crippen LogP contribution in [0.5, 0.6) is 0 Å². The second-order valence-corrected chi connectivity index (χ2v) is 6.58. The van der Waals surface area contributed by atoms with Crippen LogP contribution in [0.15, 0.2) is 47.4 Å². The van der Waals surface area contributed by atoms with E-state index in [1.54, 1.807) is 11.8 Å². The summed E-state index contributed by atoms with van der Waals surface area (Å²) in [7, 11) is 0. The van der Waals surface area contributed by atoms with Crippen molar-refractivity contribution in [1.82, 2.24) is 0 Å². The van der Waals surface area contributed by atoms with Crippen molar-refractivity contribution >= 4 is 23.4 Å². The van der Waals surface area contributed by atoms with Crippen LogP contribution in [0.25, 0.3) is 0 Å². The fourth-order valence-electron chi connectivity index (χ4n) is 2.18. The van der Waals surface area contributed by atoms with E-state index in [4.69, 9.17) is 17.3 Å². The predicted octanol–water partition coefficient (Wildman–Crippen LogP) is 4.83. The van der Waals surface area contributed by atoms with E-state index in [0.717, 1.165) is 22.1 Å². The number of thioether (sulfide) groups is 1. The van der Waals surface area contributed by atoms with Gasteiger partial charge in [-0.1, -0.05) is 53.6 Å². The quantitative estimate of drug-likeness (QED) is 0.801. The van der Waals surface area contributed by atoms with Crippen LogP contribution in [0, 0.1) is 6.92 Å². The second kappa shape index (κ2) is 7.16. The van der Waals surface area contributed by atoms with Crippen LogP contribution < -0.4 is 5.73 Å². The van der Waals surface area contributed by atoms with E-state index in [0.29, 0.717) is 0 Å². The van der Waals surface area contributed by atoms with Crippen molar-refractivity contribution in [2.75, 3.05) is 0 Å². The van der Waals surface area contributed by atoms with E-state index in [2.05, 4.69) is 37.3 Å². The van der Waals surface area contributed by atoms with E-state index < -0.39 is 0 Å². The van der Waals surface area contributed by atoms with Crippen LogP contribution in [0.2, 0.25) is 5.02 Å². The number of hydrogen-bond acceptors (Lipinski definition) is 2. The molecule has 0 amide bonds. The van der Waals surface area contributed by atoms with Gasteiger partial charge in [0.1, 0.15) is 0 Å². The molecule has 0 saturated carbocycles. The molecular formula is C17H20ClNS. The van der Waals surface area contributed by atoms with E-state index in [-0.39, 0.29) is 6.04 Å². The molecule has 2 N–H and O–H groups in total. The van der Waals surface area contributed by atoms with E-state index in [1.165, 1.54) is 16.7 Å². The molecule has 2 aromatic rings. The topological polar surface area (TPSA) is 26.0 Å². The number of benzene rings is 2. The maximum absolute atomic E-state index is 6.35. The molecule has 20 heavy (non-hydrogen) atoms. The van der Waals surface area contributed by atoms with E-state index in [1.807, 2.05) is 19.1 Å². The van der Waals surface area contributed by atoms with Crippen molar-refractivity contribution < 1.29 is 0 Å². The molecule has 0 aromatic heterocycles. The Labute approximate surface area is 130 Å². The van der Waals surface area contributed by atoms with Crippen LogP contribution in [0.4, 0.5) is 0 Å². The van der Waals surface area contributed by atoms with Crippen LogP contribution >= 0.6 is 23.4 Å². The minimum atomic E-state index is 0.145. The van der Waals surface area contributed by atoms with Gasteiger partial charge in [0.05, 0.1) is 5.02 Å². The van der Waals surface area contributed by atoms with Gasteiger partial charge in [0.25, 0.3) is 0 Å². The van der Waals surface area contributed by atoms with Crippen LogP contribution in [0.3, 0.4) is 0 Å². The number of aryl methyl sites for hydroxylation is 1. The number of hydrogen-bond donors (Lipinski definition) is 1. The highest BCUT2D eigenvalue weighted by Crippen LogP contribution is 2.33. The molecule has 0 fully saturated rings. The highest BCUT2D eigenvalue weighted by atomic mass is 35.5. The van der Waals surface area contributed by atoms with Gasteiger partial charge in [0, 0.05) is 16.7 Å². The lowest BCUT2D eigenvalue weighted by atomic mass is 10.1. The Morgan fingerprint density at radius 2 is 1.95 bits per heavy atom. The highest BCUT2D eigenvalue weighted by Gasteiger charge is 2.09. The Kier molecular flexibility index (Phi) is 5.53. The fourth-order valence-corrected chi connectivity index (χ4v) is 3.57. The highest BCUT2D eigenvalue weighted by molar-refractivity contribution is 7.98. The van der Waals surface area contributed by atoms with Crippen molar-refractivity contribution in [3.8, 4) is 0 Å². The van der Waals surface area contributed by atoms with Gasteiger partial charge in [-0.3, -0.25) is 0 Å². The smallest absolute Gasteiger partial charge is 0.0544 e. The third-order valence-electron chi connectivity index (χ3n) is 3.06. The summed E-state index contributed by atoms with van der Waals surface area (Å²) in [5, 5.41) is 0.820. The zero-order valence-electron chi connectivity index (χ0n) is 11.9. The maximum Gasteiger partial charge on any atom is 0.0544 e. The number of halogens is 1. The Bertz CT molecular complexity index is 581. The van der Waals surface area contributed by atoms with Crippen LogP contribution in [-0.2, 0) is 12.2 Å². The molecule has 0 aliphatic rings. The van der Waals surface area contributed by atoms with Gasteiger partial charge in [-0.2, -0.15) is 0 Å². The van der Waals surface area contributed by atoms with Crippen molar-refractivity contribution in [3.63, 3.8) is 0 Å². The first-order valence-electron chi connectivity index (χ1n) is 6.77. The molecule has 2 aromatic carbocycles. The monoisotopic (exact) mass is 305 g/mol. The van der Waals surface area contributed by atoms with Gasteiger partial charge >= 0.3 is 0 Å². The average molecular weight is 306 g/mol. The molecule has 106 valence electrons. The predicted molar refractivity (Wildman–Crippen MR) is 89.5 cm³/mol. The van der Waals surface area contributed by atoms with Crippen molar-refractivity contribution in [2.24, 2.45) is 5.73 Å². The molecule has 1 nitrogen and oxygen atoms in total. The first kappa shape index (κ1) is 15.4. The molecule has 0 saturated heterocycles. The molecule has 0 heterocycles.